The van der Waals surface area contributed by atoms with Crippen molar-refractivity contribution < 1.29 is 9.84 Å². The molecule has 0 bridgehead atoms. The second-order valence-corrected chi connectivity index (χ2v) is 4.93. The first kappa shape index (κ1) is 15.0. The molecule has 0 saturated heterocycles. The Labute approximate surface area is 109 Å². The van der Waals surface area contributed by atoms with Gasteiger partial charge in [-0.25, -0.2) is 0 Å². The quantitative estimate of drug-likeness (QED) is 0.827. The number of likely N-dealkylation sites (N-methyl/N-ethyl adjacent to an activating group) is 1. The van der Waals surface area contributed by atoms with E-state index in [1.54, 1.807) is 7.11 Å². The van der Waals surface area contributed by atoms with E-state index in [0.717, 1.165) is 22.4 Å². The molecule has 0 spiro atoms. The first-order chi connectivity index (χ1) is 8.42. The normalized spacial score (nSPS) is 14.7. The average molecular weight is 252 g/mol. The van der Waals surface area contributed by atoms with Gasteiger partial charge in [0.2, 0.25) is 0 Å². The number of methoxy groups -OCH3 is 1. The SMILES string of the molecule is COc1cc(C)c(C(C(N)CO)N(C)C)cc1C. The molecule has 2 atom stereocenters. The number of aryl methyl sites for hydroxylation is 2. The Bertz CT molecular complexity index is 405. The van der Waals surface area contributed by atoms with Crippen molar-refractivity contribution in [3.05, 3.63) is 28.8 Å². The molecule has 1 aromatic carbocycles. The van der Waals surface area contributed by atoms with Crippen LogP contribution in [0.4, 0.5) is 0 Å². The van der Waals surface area contributed by atoms with E-state index in [1.807, 2.05) is 38.9 Å². The zero-order valence-corrected chi connectivity index (χ0v) is 11.9. The number of benzene rings is 1. The minimum absolute atomic E-state index is 0.000365. The summed E-state index contributed by atoms with van der Waals surface area (Å²) < 4.78 is 5.31. The summed E-state index contributed by atoms with van der Waals surface area (Å²) in [4.78, 5) is 2.04. The molecule has 0 aliphatic carbocycles. The summed E-state index contributed by atoms with van der Waals surface area (Å²) >= 11 is 0. The number of hydrogen-bond donors (Lipinski definition) is 2. The van der Waals surface area contributed by atoms with Gasteiger partial charge in [0.25, 0.3) is 0 Å². The van der Waals surface area contributed by atoms with E-state index in [9.17, 15) is 5.11 Å². The van der Waals surface area contributed by atoms with E-state index < -0.39 is 0 Å². The fourth-order valence-electron chi connectivity index (χ4n) is 2.34. The number of nitrogens with two attached hydrogens (primary N) is 1. The van der Waals surface area contributed by atoms with Crippen LogP contribution in [0.2, 0.25) is 0 Å². The molecule has 2 unspecified atom stereocenters. The van der Waals surface area contributed by atoms with Crippen LogP contribution in [0, 0.1) is 13.8 Å². The molecule has 0 aromatic heterocycles. The van der Waals surface area contributed by atoms with Gasteiger partial charge in [-0.1, -0.05) is 6.07 Å². The van der Waals surface area contributed by atoms with Crippen molar-refractivity contribution in [2.45, 2.75) is 25.9 Å². The molecule has 1 rings (SSSR count). The lowest BCUT2D eigenvalue weighted by Gasteiger charge is -2.31. The Morgan fingerprint density at radius 2 is 1.89 bits per heavy atom. The Kier molecular flexibility index (Phi) is 5.14. The molecule has 0 saturated carbocycles. The van der Waals surface area contributed by atoms with Crippen LogP contribution in [0.15, 0.2) is 12.1 Å². The maximum Gasteiger partial charge on any atom is 0.122 e. The molecule has 1 aromatic rings. The number of aliphatic hydroxyl groups excluding tert-OH is 1. The molecule has 4 nitrogen and oxygen atoms in total. The van der Waals surface area contributed by atoms with Gasteiger partial charge in [0, 0.05) is 6.04 Å². The highest BCUT2D eigenvalue weighted by molar-refractivity contribution is 5.43. The summed E-state index contributed by atoms with van der Waals surface area (Å²) in [5.41, 5.74) is 9.36. The predicted octanol–water partition coefficient (Wildman–Crippen LogP) is 1.23. The predicted molar refractivity (Wildman–Crippen MR) is 74.0 cm³/mol. The zero-order valence-electron chi connectivity index (χ0n) is 11.9. The lowest BCUT2D eigenvalue weighted by molar-refractivity contribution is 0.181. The largest absolute Gasteiger partial charge is 0.496 e. The van der Waals surface area contributed by atoms with Crippen molar-refractivity contribution in [1.29, 1.82) is 0 Å². The van der Waals surface area contributed by atoms with Gasteiger partial charge in [0.1, 0.15) is 5.75 Å². The zero-order chi connectivity index (χ0) is 13.9. The molecular weight excluding hydrogens is 228 g/mol. The molecule has 3 N–H and O–H groups in total. The molecule has 0 fully saturated rings. The fraction of sp³-hybridized carbons (Fsp3) is 0.571. The summed E-state index contributed by atoms with van der Waals surface area (Å²) in [7, 11) is 5.61. The Morgan fingerprint density at radius 3 is 2.33 bits per heavy atom. The van der Waals surface area contributed by atoms with Gasteiger partial charge < -0.3 is 20.5 Å². The summed E-state index contributed by atoms with van der Waals surface area (Å²) in [6.45, 7) is 4.02. The summed E-state index contributed by atoms with van der Waals surface area (Å²) in [5, 5.41) is 9.30. The maximum atomic E-state index is 9.30. The lowest BCUT2D eigenvalue weighted by Crippen LogP contribution is -2.40. The second kappa shape index (κ2) is 6.18. The first-order valence-corrected chi connectivity index (χ1v) is 6.10. The maximum absolute atomic E-state index is 9.30. The van der Waals surface area contributed by atoms with Crippen molar-refractivity contribution in [2.24, 2.45) is 5.73 Å². The molecule has 4 heteroatoms. The second-order valence-electron chi connectivity index (χ2n) is 4.93. The van der Waals surface area contributed by atoms with Crippen LogP contribution in [0.3, 0.4) is 0 Å². The highest BCUT2D eigenvalue weighted by Gasteiger charge is 2.23. The third-order valence-corrected chi connectivity index (χ3v) is 3.27. The summed E-state index contributed by atoms with van der Waals surface area (Å²) in [6.07, 6.45) is 0. The van der Waals surface area contributed by atoms with Crippen molar-refractivity contribution >= 4 is 0 Å². The third kappa shape index (κ3) is 3.02. The standard InChI is InChI=1S/C14H24N2O2/c1-9-7-13(18-5)10(2)6-11(9)14(16(3)4)12(15)8-17/h6-7,12,14,17H,8,15H2,1-5H3. The van der Waals surface area contributed by atoms with E-state index in [2.05, 4.69) is 6.07 Å². The molecule has 18 heavy (non-hydrogen) atoms. The number of aliphatic hydroxyl groups is 1. The molecule has 0 aliphatic heterocycles. The van der Waals surface area contributed by atoms with Gasteiger partial charge in [-0.3, -0.25) is 0 Å². The fourth-order valence-corrected chi connectivity index (χ4v) is 2.34. The van der Waals surface area contributed by atoms with Crippen LogP contribution in [-0.2, 0) is 0 Å². The van der Waals surface area contributed by atoms with Crippen molar-refractivity contribution in [1.82, 2.24) is 4.90 Å². The third-order valence-electron chi connectivity index (χ3n) is 3.27. The van der Waals surface area contributed by atoms with Crippen LogP contribution in [-0.4, -0.2) is 43.9 Å². The van der Waals surface area contributed by atoms with Crippen LogP contribution >= 0.6 is 0 Å². The van der Waals surface area contributed by atoms with Crippen molar-refractivity contribution in [3.63, 3.8) is 0 Å². The van der Waals surface area contributed by atoms with E-state index >= 15 is 0 Å². The monoisotopic (exact) mass is 252 g/mol. The summed E-state index contributed by atoms with van der Waals surface area (Å²) in [6, 6.07) is 3.81. The molecule has 0 radical (unpaired) electrons. The minimum Gasteiger partial charge on any atom is -0.496 e. The molecular formula is C14H24N2O2. The van der Waals surface area contributed by atoms with Gasteiger partial charge in [0.15, 0.2) is 0 Å². The van der Waals surface area contributed by atoms with Gasteiger partial charge >= 0.3 is 0 Å². The van der Waals surface area contributed by atoms with Crippen LogP contribution < -0.4 is 10.5 Å². The number of ether oxygens (including phenoxy) is 1. The first-order valence-electron chi connectivity index (χ1n) is 6.10. The molecule has 0 heterocycles. The number of hydrogen-bond acceptors (Lipinski definition) is 4. The highest BCUT2D eigenvalue weighted by atomic mass is 16.5. The van der Waals surface area contributed by atoms with Gasteiger partial charge in [-0.05, 0) is 50.7 Å². The summed E-state index contributed by atoms with van der Waals surface area (Å²) in [5.74, 6) is 0.881. The van der Waals surface area contributed by atoms with Gasteiger partial charge in [-0.15, -0.1) is 0 Å². The van der Waals surface area contributed by atoms with Gasteiger partial charge in [0.05, 0.1) is 19.8 Å². The minimum atomic E-state index is -0.300. The van der Waals surface area contributed by atoms with Crippen LogP contribution in [0.25, 0.3) is 0 Å². The van der Waals surface area contributed by atoms with E-state index in [-0.39, 0.29) is 18.7 Å². The highest BCUT2D eigenvalue weighted by Crippen LogP contribution is 2.30. The topological polar surface area (TPSA) is 58.7 Å². The van der Waals surface area contributed by atoms with Crippen molar-refractivity contribution in [3.8, 4) is 5.75 Å². The Hall–Kier alpha value is -1.10. The molecule has 102 valence electrons. The van der Waals surface area contributed by atoms with Crippen LogP contribution in [0.1, 0.15) is 22.7 Å². The van der Waals surface area contributed by atoms with Crippen LogP contribution in [0.5, 0.6) is 5.75 Å². The Morgan fingerprint density at radius 1 is 1.28 bits per heavy atom. The smallest absolute Gasteiger partial charge is 0.122 e. The Balaban J connectivity index is 3.24. The van der Waals surface area contributed by atoms with Crippen molar-refractivity contribution in [2.75, 3.05) is 27.8 Å². The van der Waals surface area contributed by atoms with Gasteiger partial charge in [-0.2, -0.15) is 0 Å². The average Bonchev–Trinajstić information content (AvgIpc) is 2.32. The molecule has 0 aliphatic rings. The molecule has 0 amide bonds. The van der Waals surface area contributed by atoms with E-state index in [0.29, 0.717) is 0 Å². The number of nitrogens with zero attached hydrogens (tertiary/aromatic N) is 1. The number of rotatable bonds is 5. The van der Waals surface area contributed by atoms with E-state index in [1.165, 1.54) is 0 Å². The van der Waals surface area contributed by atoms with E-state index in [4.69, 9.17) is 10.5 Å². The lowest BCUT2D eigenvalue weighted by atomic mass is 9.93.